The van der Waals surface area contributed by atoms with Crippen molar-refractivity contribution in [3.05, 3.63) is 30.3 Å². The monoisotopic (exact) mass is 277 g/mol. The molecule has 1 fully saturated rings. The summed E-state index contributed by atoms with van der Waals surface area (Å²) in [5, 5.41) is 2.99. The number of benzene rings is 1. The van der Waals surface area contributed by atoms with E-state index in [0.717, 1.165) is 19.4 Å². The minimum atomic E-state index is -0.909. The Morgan fingerprint density at radius 3 is 2.70 bits per heavy atom. The van der Waals surface area contributed by atoms with Gasteiger partial charge in [0.2, 0.25) is 0 Å². The molecule has 1 aliphatic heterocycles. The first-order valence-electron chi connectivity index (χ1n) is 7.16. The number of carbonyl (C=O) groups excluding carboxylic acids is 1. The summed E-state index contributed by atoms with van der Waals surface area (Å²) >= 11 is 0. The lowest BCUT2D eigenvalue weighted by molar-refractivity contribution is -0.135. The summed E-state index contributed by atoms with van der Waals surface area (Å²) in [5.41, 5.74) is -0.909. The standard InChI is InChI=1S/C16H23NO3/c1-12(14-10-7-11-19-14)17-15(18)16(2,3)20-13-8-5-4-6-9-13/h4-6,8-9,12,14H,7,10-11H2,1-3H3,(H,17,18)/t12-,14-/m1/s1. The van der Waals surface area contributed by atoms with E-state index in [1.165, 1.54) is 0 Å². The van der Waals surface area contributed by atoms with Gasteiger partial charge in [-0.05, 0) is 45.7 Å². The first kappa shape index (κ1) is 14.9. The molecule has 1 aromatic rings. The highest BCUT2D eigenvalue weighted by Gasteiger charge is 2.33. The van der Waals surface area contributed by atoms with E-state index in [4.69, 9.17) is 9.47 Å². The fraction of sp³-hybridized carbons (Fsp3) is 0.562. The van der Waals surface area contributed by atoms with Gasteiger partial charge in [0.25, 0.3) is 5.91 Å². The second kappa shape index (κ2) is 6.27. The maximum Gasteiger partial charge on any atom is 0.263 e. The molecule has 1 amide bonds. The Bertz CT molecular complexity index is 438. The molecule has 2 rings (SSSR count). The van der Waals surface area contributed by atoms with Crippen molar-refractivity contribution in [2.24, 2.45) is 0 Å². The third-order valence-electron chi connectivity index (χ3n) is 3.54. The molecule has 20 heavy (non-hydrogen) atoms. The van der Waals surface area contributed by atoms with Crippen LogP contribution in [-0.2, 0) is 9.53 Å². The van der Waals surface area contributed by atoms with Gasteiger partial charge in [-0.15, -0.1) is 0 Å². The Kier molecular flexibility index (Phi) is 4.65. The summed E-state index contributed by atoms with van der Waals surface area (Å²) in [6, 6.07) is 9.39. The predicted molar refractivity (Wildman–Crippen MR) is 77.7 cm³/mol. The van der Waals surface area contributed by atoms with Gasteiger partial charge in [-0.3, -0.25) is 4.79 Å². The van der Waals surface area contributed by atoms with Crippen LogP contribution >= 0.6 is 0 Å². The predicted octanol–water partition coefficient (Wildman–Crippen LogP) is 2.53. The van der Waals surface area contributed by atoms with Crippen molar-refractivity contribution >= 4 is 5.91 Å². The molecule has 1 saturated heterocycles. The summed E-state index contributed by atoms with van der Waals surface area (Å²) in [6.45, 7) is 6.32. The minimum Gasteiger partial charge on any atom is -0.478 e. The Morgan fingerprint density at radius 1 is 1.40 bits per heavy atom. The van der Waals surface area contributed by atoms with Crippen LogP contribution in [-0.4, -0.2) is 30.3 Å². The number of ether oxygens (including phenoxy) is 2. The number of hydrogen-bond acceptors (Lipinski definition) is 3. The van der Waals surface area contributed by atoms with Crippen molar-refractivity contribution in [2.75, 3.05) is 6.61 Å². The smallest absolute Gasteiger partial charge is 0.263 e. The van der Waals surface area contributed by atoms with Crippen LogP contribution in [0.3, 0.4) is 0 Å². The second-order valence-electron chi connectivity index (χ2n) is 5.74. The van der Waals surface area contributed by atoms with E-state index in [1.54, 1.807) is 13.8 Å². The lowest BCUT2D eigenvalue weighted by Gasteiger charge is -2.28. The van der Waals surface area contributed by atoms with Gasteiger partial charge in [-0.25, -0.2) is 0 Å². The zero-order chi connectivity index (χ0) is 14.6. The zero-order valence-electron chi connectivity index (χ0n) is 12.4. The van der Waals surface area contributed by atoms with Crippen LogP contribution in [0.4, 0.5) is 0 Å². The van der Waals surface area contributed by atoms with E-state index in [0.29, 0.717) is 5.75 Å². The van der Waals surface area contributed by atoms with Crippen LogP contribution in [0.15, 0.2) is 30.3 Å². The molecule has 0 aromatic heterocycles. The van der Waals surface area contributed by atoms with Crippen molar-refractivity contribution in [1.82, 2.24) is 5.32 Å². The molecular formula is C16H23NO3. The molecule has 0 radical (unpaired) electrons. The number of carbonyl (C=O) groups is 1. The van der Waals surface area contributed by atoms with E-state index < -0.39 is 5.60 Å². The van der Waals surface area contributed by atoms with E-state index >= 15 is 0 Å². The second-order valence-corrected chi connectivity index (χ2v) is 5.74. The molecule has 4 heteroatoms. The molecular weight excluding hydrogens is 254 g/mol. The zero-order valence-corrected chi connectivity index (χ0v) is 12.4. The molecule has 4 nitrogen and oxygen atoms in total. The van der Waals surface area contributed by atoms with Crippen molar-refractivity contribution in [3.8, 4) is 5.75 Å². The van der Waals surface area contributed by atoms with Crippen molar-refractivity contribution in [2.45, 2.75) is 51.4 Å². The van der Waals surface area contributed by atoms with Gasteiger partial charge in [0, 0.05) is 6.61 Å². The third-order valence-corrected chi connectivity index (χ3v) is 3.54. The van der Waals surface area contributed by atoms with Crippen LogP contribution in [0, 0.1) is 0 Å². The molecule has 0 aliphatic carbocycles. The Morgan fingerprint density at radius 2 is 2.10 bits per heavy atom. The van der Waals surface area contributed by atoms with Crippen molar-refractivity contribution in [1.29, 1.82) is 0 Å². The number of rotatable bonds is 5. The van der Waals surface area contributed by atoms with Crippen LogP contribution in [0.2, 0.25) is 0 Å². The summed E-state index contributed by atoms with van der Waals surface area (Å²) in [6.07, 6.45) is 2.18. The van der Waals surface area contributed by atoms with Crippen molar-refractivity contribution in [3.63, 3.8) is 0 Å². The molecule has 1 aliphatic rings. The molecule has 1 N–H and O–H groups in total. The van der Waals surface area contributed by atoms with E-state index in [-0.39, 0.29) is 18.1 Å². The number of amides is 1. The Balaban J connectivity index is 1.92. The first-order chi connectivity index (χ1) is 9.49. The molecule has 0 bridgehead atoms. The molecule has 1 aromatic carbocycles. The summed E-state index contributed by atoms with van der Waals surface area (Å²) in [5.74, 6) is 0.571. The van der Waals surface area contributed by atoms with Crippen LogP contribution in [0.25, 0.3) is 0 Å². The highest BCUT2D eigenvalue weighted by molar-refractivity contribution is 5.85. The quantitative estimate of drug-likeness (QED) is 0.899. The summed E-state index contributed by atoms with van der Waals surface area (Å²) in [4.78, 5) is 12.3. The maximum atomic E-state index is 12.3. The third kappa shape index (κ3) is 3.73. The van der Waals surface area contributed by atoms with Crippen LogP contribution in [0.1, 0.15) is 33.6 Å². The van der Waals surface area contributed by atoms with Gasteiger partial charge in [0.15, 0.2) is 5.60 Å². The fourth-order valence-electron chi connectivity index (χ4n) is 2.30. The van der Waals surface area contributed by atoms with Crippen LogP contribution in [0.5, 0.6) is 5.75 Å². The average Bonchev–Trinajstić information content (AvgIpc) is 2.93. The Labute approximate surface area is 120 Å². The van der Waals surface area contributed by atoms with Gasteiger partial charge in [0.1, 0.15) is 5.75 Å². The molecule has 110 valence electrons. The largest absolute Gasteiger partial charge is 0.478 e. The topological polar surface area (TPSA) is 47.6 Å². The summed E-state index contributed by atoms with van der Waals surface area (Å²) in [7, 11) is 0. The number of hydrogen-bond donors (Lipinski definition) is 1. The highest BCUT2D eigenvalue weighted by Crippen LogP contribution is 2.20. The van der Waals surface area contributed by atoms with E-state index in [2.05, 4.69) is 5.32 Å². The number of para-hydroxylation sites is 1. The van der Waals surface area contributed by atoms with Gasteiger partial charge >= 0.3 is 0 Å². The molecule has 0 unspecified atom stereocenters. The van der Waals surface area contributed by atoms with E-state index in [1.807, 2.05) is 37.3 Å². The molecule has 0 saturated carbocycles. The van der Waals surface area contributed by atoms with Gasteiger partial charge < -0.3 is 14.8 Å². The fourth-order valence-corrected chi connectivity index (χ4v) is 2.30. The lowest BCUT2D eigenvalue weighted by atomic mass is 10.1. The van der Waals surface area contributed by atoms with Crippen molar-refractivity contribution < 1.29 is 14.3 Å². The van der Waals surface area contributed by atoms with Gasteiger partial charge in [-0.1, -0.05) is 18.2 Å². The van der Waals surface area contributed by atoms with E-state index in [9.17, 15) is 4.79 Å². The lowest BCUT2D eigenvalue weighted by Crippen LogP contribution is -2.52. The van der Waals surface area contributed by atoms with Gasteiger partial charge in [0.05, 0.1) is 12.1 Å². The molecule has 1 heterocycles. The van der Waals surface area contributed by atoms with Crippen LogP contribution < -0.4 is 10.1 Å². The van der Waals surface area contributed by atoms with Gasteiger partial charge in [-0.2, -0.15) is 0 Å². The Hall–Kier alpha value is -1.55. The maximum absolute atomic E-state index is 12.3. The number of nitrogens with one attached hydrogen (secondary N) is 1. The average molecular weight is 277 g/mol. The first-order valence-corrected chi connectivity index (χ1v) is 7.16. The SMILES string of the molecule is C[C@@H](NC(=O)C(C)(C)Oc1ccccc1)[C@H]1CCCO1. The minimum absolute atomic E-state index is 0.00338. The molecule has 2 atom stereocenters. The molecule has 0 spiro atoms. The summed E-state index contributed by atoms with van der Waals surface area (Å²) < 4.78 is 11.4. The normalized spacial score (nSPS) is 20.4. The highest BCUT2D eigenvalue weighted by atomic mass is 16.5.